The Morgan fingerprint density at radius 3 is 2.42 bits per heavy atom. The van der Waals surface area contributed by atoms with Gasteiger partial charge in [0.25, 0.3) is 0 Å². The molecule has 1 heterocycles. The molecule has 8 heteroatoms. The van der Waals surface area contributed by atoms with Gasteiger partial charge in [-0.05, 0) is 54.1 Å². The first-order valence-corrected chi connectivity index (χ1v) is 11.2. The fourth-order valence-electron chi connectivity index (χ4n) is 3.32. The van der Waals surface area contributed by atoms with Crippen molar-refractivity contribution in [3.05, 3.63) is 90.2 Å². The molecule has 33 heavy (non-hydrogen) atoms. The highest BCUT2D eigenvalue weighted by Crippen LogP contribution is 2.33. The summed E-state index contributed by atoms with van der Waals surface area (Å²) in [6.07, 6.45) is 0.00323. The molecule has 0 radical (unpaired) electrons. The molecule has 1 N–H and O–H groups in total. The predicted molar refractivity (Wildman–Crippen MR) is 128 cm³/mol. The number of nitrogens with one attached hydrogen (secondary N) is 1. The summed E-state index contributed by atoms with van der Waals surface area (Å²) in [6, 6.07) is 22.3. The summed E-state index contributed by atoms with van der Waals surface area (Å²) < 4.78 is 18.4. The Bertz CT molecular complexity index is 1150. The molecule has 0 aliphatic carbocycles. The smallest absolute Gasteiger partial charge is 0.242 e. The van der Waals surface area contributed by atoms with Crippen molar-refractivity contribution in [2.45, 2.75) is 18.2 Å². The molecule has 0 aromatic heterocycles. The van der Waals surface area contributed by atoms with Crippen LogP contribution in [-0.2, 0) is 16.1 Å². The zero-order valence-corrected chi connectivity index (χ0v) is 18.7. The Morgan fingerprint density at radius 1 is 1.06 bits per heavy atom. The number of aliphatic imine (C=N–C) groups is 1. The number of carbonyl (C=O) groups is 2. The molecule has 168 valence electrons. The van der Waals surface area contributed by atoms with Crippen molar-refractivity contribution in [2.75, 3.05) is 12.4 Å². The van der Waals surface area contributed by atoms with E-state index in [2.05, 4.69) is 10.3 Å². The maximum Gasteiger partial charge on any atom is 0.242 e. The monoisotopic (exact) mass is 463 g/mol. The predicted octanol–water partition coefficient (Wildman–Crippen LogP) is 4.99. The number of methoxy groups -OCH3 is 1. The van der Waals surface area contributed by atoms with Crippen LogP contribution in [0, 0.1) is 5.82 Å². The standard InChI is InChI=1S/C25H22FN3O3S/c1-32-21-13-11-19(12-14-21)27-23(30)15-22-24(31)29(16-17-5-3-2-4-6-17)25(33-22)28-20-9-7-18(26)8-10-20/h2-14,22H,15-16H2,1H3,(H,27,30). The van der Waals surface area contributed by atoms with Gasteiger partial charge < -0.3 is 10.1 Å². The van der Waals surface area contributed by atoms with Crippen molar-refractivity contribution in [3.63, 3.8) is 0 Å². The molecule has 0 spiro atoms. The maximum absolute atomic E-state index is 13.3. The molecule has 1 aliphatic rings. The number of halogens is 1. The van der Waals surface area contributed by atoms with Crippen LogP contribution < -0.4 is 10.1 Å². The SMILES string of the molecule is COc1ccc(NC(=O)CC2SC(=Nc3ccc(F)cc3)N(Cc3ccccc3)C2=O)cc1. The minimum absolute atomic E-state index is 0.00323. The van der Waals surface area contributed by atoms with Gasteiger partial charge in [0.1, 0.15) is 16.8 Å². The topological polar surface area (TPSA) is 71.0 Å². The van der Waals surface area contributed by atoms with Gasteiger partial charge in [0.05, 0.1) is 19.3 Å². The van der Waals surface area contributed by atoms with Gasteiger partial charge in [-0.2, -0.15) is 0 Å². The molecule has 1 aliphatic heterocycles. The maximum atomic E-state index is 13.3. The molecule has 2 amide bonds. The largest absolute Gasteiger partial charge is 0.497 e. The average Bonchev–Trinajstić information content (AvgIpc) is 3.10. The number of nitrogens with zero attached hydrogens (tertiary/aromatic N) is 2. The van der Waals surface area contributed by atoms with Crippen LogP contribution in [0.1, 0.15) is 12.0 Å². The lowest BCUT2D eigenvalue weighted by atomic mass is 10.2. The first-order chi connectivity index (χ1) is 16.0. The lowest BCUT2D eigenvalue weighted by molar-refractivity contribution is -0.128. The zero-order chi connectivity index (χ0) is 23.2. The molecule has 6 nitrogen and oxygen atoms in total. The third-order valence-corrected chi connectivity index (χ3v) is 6.17. The van der Waals surface area contributed by atoms with E-state index in [1.807, 2.05) is 30.3 Å². The third kappa shape index (κ3) is 5.78. The van der Waals surface area contributed by atoms with Gasteiger partial charge >= 0.3 is 0 Å². The summed E-state index contributed by atoms with van der Waals surface area (Å²) in [5.74, 6) is -0.126. The third-order valence-electron chi connectivity index (χ3n) is 5.00. The Morgan fingerprint density at radius 2 is 1.76 bits per heavy atom. The highest BCUT2D eigenvalue weighted by atomic mass is 32.2. The normalized spacial score (nSPS) is 16.8. The van der Waals surface area contributed by atoms with Crippen LogP contribution in [0.4, 0.5) is 15.8 Å². The number of rotatable bonds is 7. The first-order valence-electron chi connectivity index (χ1n) is 10.3. The van der Waals surface area contributed by atoms with Gasteiger partial charge in [0.15, 0.2) is 5.17 Å². The van der Waals surface area contributed by atoms with E-state index in [0.717, 1.165) is 5.56 Å². The fourth-order valence-corrected chi connectivity index (χ4v) is 4.47. The number of carbonyl (C=O) groups excluding carboxylic acids is 2. The van der Waals surface area contributed by atoms with Crippen LogP contribution in [0.15, 0.2) is 83.9 Å². The van der Waals surface area contributed by atoms with E-state index in [1.165, 1.54) is 23.9 Å². The summed E-state index contributed by atoms with van der Waals surface area (Å²) in [7, 11) is 1.57. The number of ether oxygens (including phenoxy) is 1. The van der Waals surface area contributed by atoms with Crippen molar-refractivity contribution in [3.8, 4) is 5.75 Å². The second kappa shape index (κ2) is 10.3. The fraction of sp³-hybridized carbons (Fsp3) is 0.160. The summed E-state index contributed by atoms with van der Waals surface area (Å²) in [6.45, 7) is 0.337. The zero-order valence-electron chi connectivity index (χ0n) is 17.9. The number of amidine groups is 1. The molecule has 1 atom stereocenters. The van der Waals surface area contributed by atoms with Crippen LogP contribution in [0.3, 0.4) is 0 Å². The molecule has 4 rings (SSSR count). The van der Waals surface area contributed by atoms with Crippen molar-refractivity contribution < 1.29 is 18.7 Å². The van der Waals surface area contributed by atoms with Crippen LogP contribution in [0.2, 0.25) is 0 Å². The van der Waals surface area contributed by atoms with E-state index < -0.39 is 5.25 Å². The number of thioether (sulfide) groups is 1. The molecule has 1 saturated heterocycles. The molecule has 3 aromatic carbocycles. The molecule has 1 unspecified atom stereocenters. The minimum atomic E-state index is -0.605. The number of hydrogen-bond acceptors (Lipinski definition) is 5. The summed E-state index contributed by atoms with van der Waals surface area (Å²) in [5, 5.41) is 2.69. The van der Waals surface area contributed by atoms with Crippen molar-refractivity contribution in [1.82, 2.24) is 4.90 Å². The average molecular weight is 464 g/mol. The number of anilines is 1. The minimum Gasteiger partial charge on any atom is -0.497 e. The van der Waals surface area contributed by atoms with Crippen LogP contribution >= 0.6 is 11.8 Å². The second-order valence-electron chi connectivity index (χ2n) is 7.37. The van der Waals surface area contributed by atoms with Crippen molar-refractivity contribution in [2.24, 2.45) is 4.99 Å². The van der Waals surface area contributed by atoms with Gasteiger partial charge in [0.2, 0.25) is 11.8 Å². The van der Waals surface area contributed by atoms with E-state index >= 15 is 0 Å². The quantitative estimate of drug-likeness (QED) is 0.536. The molecule has 0 saturated carbocycles. The molecular formula is C25H22FN3O3S. The number of benzene rings is 3. The van der Waals surface area contributed by atoms with Gasteiger partial charge in [-0.1, -0.05) is 42.1 Å². The highest BCUT2D eigenvalue weighted by Gasteiger charge is 2.39. The summed E-state index contributed by atoms with van der Waals surface area (Å²) in [4.78, 5) is 32.0. The van der Waals surface area contributed by atoms with Gasteiger partial charge in [0, 0.05) is 12.1 Å². The first kappa shape index (κ1) is 22.5. The van der Waals surface area contributed by atoms with Crippen LogP contribution in [0.5, 0.6) is 5.75 Å². The van der Waals surface area contributed by atoms with Gasteiger partial charge in [-0.25, -0.2) is 9.38 Å². The Balaban J connectivity index is 1.51. The highest BCUT2D eigenvalue weighted by molar-refractivity contribution is 8.15. The van der Waals surface area contributed by atoms with E-state index in [9.17, 15) is 14.0 Å². The Hall–Kier alpha value is -3.65. The Labute approximate surface area is 195 Å². The number of amides is 2. The lowest BCUT2D eigenvalue weighted by Gasteiger charge is -2.16. The Kier molecular flexibility index (Phi) is 7.04. The summed E-state index contributed by atoms with van der Waals surface area (Å²) >= 11 is 1.24. The molecule has 1 fully saturated rings. The molecular weight excluding hydrogens is 441 g/mol. The lowest BCUT2D eigenvalue weighted by Crippen LogP contribution is -2.33. The van der Waals surface area contributed by atoms with Crippen LogP contribution in [-0.4, -0.2) is 34.2 Å². The summed E-state index contributed by atoms with van der Waals surface area (Å²) in [5.41, 5.74) is 2.10. The van der Waals surface area contributed by atoms with E-state index in [-0.39, 0.29) is 24.1 Å². The van der Waals surface area contributed by atoms with Gasteiger partial charge in [-0.3, -0.25) is 14.5 Å². The van der Waals surface area contributed by atoms with Crippen LogP contribution in [0.25, 0.3) is 0 Å². The van der Waals surface area contributed by atoms with E-state index in [4.69, 9.17) is 4.74 Å². The molecule has 0 bridgehead atoms. The van der Waals surface area contributed by atoms with E-state index in [0.29, 0.717) is 28.8 Å². The second-order valence-corrected chi connectivity index (χ2v) is 8.54. The molecule has 3 aromatic rings. The van der Waals surface area contributed by atoms with E-state index in [1.54, 1.807) is 48.4 Å². The van der Waals surface area contributed by atoms with Gasteiger partial charge in [-0.15, -0.1) is 0 Å². The van der Waals surface area contributed by atoms with Crippen molar-refractivity contribution >= 4 is 40.1 Å². The number of hydrogen-bond donors (Lipinski definition) is 1. The van der Waals surface area contributed by atoms with Crippen molar-refractivity contribution in [1.29, 1.82) is 0 Å².